The molecule has 0 fully saturated rings. The van der Waals surface area contributed by atoms with Crippen LogP contribution in [-0.2, 0) is 9.59 Å². The van der Waals surface area contributed by atoms with E-state index in [9.17, 15) is 14.4 Å². The lowest BCUT2D eigenvalue weighted by Crippen LogP contribution is -2.38. The first-order chi connectivity index (χ1) is 9.49. The summed E-state index contributed by atoms with van der Waals surface area (Å²) >= 11 is 0. The van der Waals surface area contributed by atoms with Crippen LogP contribution in [0.5, 0.6) is 0 Å². The van der Waals surface area contributed by atoms with Crippen LogP contribution < -0.4 is 21.9 Å². The summed E-state index contributed by atoms with van der Waals surface area (Å²) in [5.41, 5.74) is 10.2. The van der Waals surface area contributed by atoms with Gasteiger partial charge in [0.05, 0.1) is 6.33 Å². The molecule has 1 atom stereocenters. The van der Waals surface area contributed by atoms with Crippen LogP contribution in [0.3, 0.4) is 0 Å². The standard InChI is InChI=1S/C10H12N6O4/c11-5(1-2-6(12)17)10(19)20-16-4-15-7-8(16)13-3-14-9(7)18/h3-5H,1-2,11H2,(H2,12,17)(H,13,14,18)/t5-/m0/s1. The smallest absolute Gasteiger partial charge is 0.349 e. The molecule has 2 rings (SSSR count). The van der Waals surface area contributed by atoms with Gasteiger partial charge >= 0.3 is 5.97 Å². The number of nitrogens with zero attached hydrogens (tertiary/aromatic N) is 3. The zero-order valence-corrected chi connectivity index (χ0v) is 10.3. The molecule has 0 aliphatic carbocycles. The van der Waals surface area contributed by atoms with Crippen molar-refractivity contribution in [3.05, 3.63) is 23.0 Å². The van der Waals surface area contributed by atoms with Gasteiger partial charge in [0, 0.05) is 6.42 Å². The van der Waals surface area contributed by atoms with E-state index >= 15 is 0 Å². The van der Waals surface area contributed by atoms with Gasteiger partial charge in [0.2, 0.25) is 11.6 Å². The maximum atomic E-state index is 11.7. The fourth-order valence-electron chi connectivity index (χ4n) is 1.47. The first-order valence-electron chi connectivity index (χ1n) is 5.66. The van der Waals surface area contributed by atoms with E-state index in [0.29, 0.717) is 0 Å². The summed E-state index contributed by atoms with van der Waals surface area (Å²) in [4.78, 5) is 48.6. The average molecular weight is 280 g/mol. The molecule has 0 aliphatic heterocycles. The molecule has 0 aliphatic rings. The summed E-state index contributed by atoms with van der Waals surface area (Å²) in [7, 11) is 0. The maximum absolute atomic E-state index is 11.7. The van der Waals surface area contributed by atoms with Crippen LogP contribution in [0.25, 0.3) is 11.2 Å². The number of primary amides is 1. The second kappa shape index (κ2) is 5.48. The number of aromatic amines is 1. The van der Waals surface area contributed by atoms with Crippen molar-refractivity contribution in [1.82, 2.24) is 19.7 Å². The SMILES string of the molecule is NC(=O)CC[C@H](N)C(=O)On1cnc2c(=O)[nH]cnc21. The number of carbonyl (C=O) groups excluding carboxylic acids is 2. The van der Waals surface area contributed by atoms with E-state index in [4.69, 9.17) is 16.3 Å². The molecule has 0 spiro atoms. The Kier molecular flexibility index (Phi) is 3.75. The highest BCUT2D eigenvalue weighted by molar-refractivity contribution is 5.79. The summed E-state index contributed by atoms with van der Waals surface area (Å²) in [5, 5.41) is 0. The van der Waals surface area contributed by atoms with Gasteiger partial charge in [0.15, 0.2) is 5.52 Å². The van der Waals surface area contributed by atoms with Crippen molar-refractivity contribution in [2.75, 3.05) is 0 Å². The molecular formula is C10H12N6O4. The fraction of sp³-hybridized carbons (Fsp3) is 0.300. The van der Waals surface area contributed by atoms with Crippen molar-refractivity contribution < 1.29 is 14.4 Å². The Morgan fingerprint density at radius 2 is 2.20 bits per heavy atom. The topological polar surface area (TPSA) is 159 Å². The van der Waals surface area contributed by atoms with Gasteiger partial charge in [-0.15, -0.1) is 4.73 Å². The molecule has 0 saturated heterocycles. The van der Waals surface area contributed by atoms with Gasteiger partial charge < -0.3 is 21.3 Å². The summed E-state index contributed by atoms with van der Waals surface area (Å²) in [5.74, 6) is -1.35. The predicted molar refractivity (Wildman–Crippen MR) is 66.1 cm³/mol. The number of aromatic nitrogens is 4. The normalized spacial score (nSPS) is 12.2. The summed E-state index contributed by atoms with van der Waals surface area (Å²) in [6.07, 6.45) is 2.32. The van der Waals surface area contributed by atoms with Crippen molar-refractivity contribution in [3.63, 3.8) is 0 Å². The van der Waals surface area contributed by atoms with Crippen LogP contribution in [0.2, 0.25) is 0 Å². The molecule has 0 unspecified atom stereocenters. The number of H-pyrrole nitrogens is 1. The summed E-state index contributed by atoms with van der Waals surface area (Å²) in [6, 6.07) is -1.01. The van der Waals surface area contributed by atoms with Crippen molar-refractivity contribution in [3.8, 4) is 0 Å². The van der Waals surface area contributed by atoms with Gasteiger partial charge in [-0.3, -0.25) is 9.59 Å². The molecular weight excluding hydrogens is 268 g/mol. The Labute approximate surface area is 111 Å². The number of hydrogen-bond donors (Lipinski definition) is 3. The van der Waals surface area contributed by atoms with E-state index in [2.05, 4.69) is 15.0 Å². The van der Waals surface area contributed by atoms with Gasteiger partial charge in [-0.1, -0.05) is 0 Å². The Morgan fingerprint density at radius 3 is 2.90 bits per heavy atom. The molecule has 0 radical (unpaired) electrons. The van der Waals surface area contributed by atoms with Crippen molar-refractivity contribution in [2.24, 2.45) is 11.5 Å². The molecule has 0 saturated carbocycles. The van der Waals surface area contributed by atoms with Crippen LogP contribution in [0.1, 0.15) is 12.8 Å². The Morgan fingerprint density at radius 1 is 1.45 bits per heavy atom. The fourth-order valence-corrected chi connectivity index (χ4v) is 1.47. The quantitative estimate of drug-likeness (QED) is 0.553. The first kappa shape index (κ1) is 13.7. The van der Waals surface area contributed by atoms with Gasteiger partial charge in [0.25, 0.3) is 5.56 Å². The largest absolute Gasteiger partial charge is 0.370 e. The molecule has 5 N–H and O–H groups in total. The lowest BCUT2D eigenvalue weighted by atomic mass is 10.2. The number of carbonyl (C=O) groups is 2. The van der Waals surface area contributed by atoms with E-state index < -0.39 is 23.5 Å². The average Bonchev–Trinajstić information content (AvgIpc) is 2.80. The molecule has 2 aromatic heterocycles. The van der Waals surface area contributed by atoms with E-state index in [1.807, 2.05) is 0 Å². The van der Waals surface area contributed by atoms with Gasteiger partial charge in [-0.2, -0.15) is 0 Å². The van der Waals surface area contributed by atoms with Gasteiger partial charge in [0.1, 0.15) is 12.4 Å². The summed E-state index contributed by atoms with van der Waals surface area (Å²) < 4.78 is 0.942. The lowest BCUT2D eigenvalue weighted by molar-refractivity contribution is -0.145. The number of fused-ring (bicyclic) bond motifs is 1. The maximum Gasteiger partial charge on any atom is 0.349 e. The second-order valence-electron chi connectivity index (χ2n) is 4.00. The molecule has 0 bridgehead atoms. The molecule has 2 aromatic rings. The highest BCUT2D eigenvalue weighted by atomic mass is 16.7. The number of hydrogen-bond acceptors (Lipinski definition) is 7. The molecule has 1 amide bonds. The molecule has 10 nitrogen and oxygen atoms in total. The van der Waals surface area contributed by atoms with Crippen LogP contribution in [-0.4, -0.2) is 37.6 Å². The minimum Gasteiger partial charge on any atom is -0.370 e. The van der Waals surface area contributed by atoms with Crippen molar-refractivity contribution >= 4 is 23.0 Å². The Hall–Kier alpha value is -2.75. The minimum absolute atomic E-state index is 0.0289. The molecule has 106 valence electrons. The molecule has 10 heteroatoms. The zero-order chi connectivity index (χ0) is 14.7. The van der Waals surface area contributed by atoms with Crippen molar-refractivity contribution in [1.29, 1.82) is 0 Å². The zero-order valence-electron chi connectivity index (χ0n) is 10.3. The Balaban J connectivity index is 2.12. The van der Waals surface area contributed by atoms with Crippen LogP contribution in [0.15, 0.2) is 17.4 Å². The predicted octanol–water partition coefficient (Wildman–Crippen LogP) is -2.33. The van der Waals surface area contributed by atoms with Crippen molar-refractivity contribution in [2.45, 2.75) is 18.9 Å². The number of imidazole rings is 1. The second-order valence-corrected chi connectivity index (χ2v) is 4.00. The van der Waals surface area contributed by atoms with Gasteiger partial charge in [-0.25, -0.2) is 14.8 Å². The van der Waals surface area contributed by atoms with E-state index in [1.54, 1.807) is 0 Å². The minimum atomic E-state index is -1.01. The van der Waals surface area contributed by atoms with E-state index in [-0.39, 0.29) is 24.0 Å². The monoisotopic (exact) mass is 280 g/mol. The van der Waals surface area contributed by atoms with E-state index in [0.717, 1.165) is 17.4 Å². The van der Waals surface area contributed by atoms with E-state index in [1.165, 1.54) is 0 Å². The Bertz CT molecular complexity index is 705. The highest BCUT2D eigenvalue weighted by Gasteiger charge is 2.19. The summed E-state index contributed by atoms with van der Waals surface area (Å²) in [6.45, 7) is 0. The number of rotatable bonds is 5. The highest BCUT2D eigenvalue weighted by Crippen LogP contribution is 2.03. The number of nitrogens with one attached hydrogen (secondary N) is 1. The number of amides is 1. The molecule has 2 heterocycles. The van der Waals surface area contributed by atoms with Crippen LogP contribution >= 0.6 is 0 Å². The van der Waals surface area contributed by atoms with Crippen LogP contribution in [0.4, 0.5) is 0 Å². The third-order valence-corrected chi connectivity index (χ3v) is 2.50. The van der Waals surface area contributed by atoms with Crippen LogP contribution in [0, 0.1) is 0 Å². The molecule has 0 aromatic carbocycles. The first-order valence-corrected chi connectivity index (χ1v) is 5.66. The third kappa shape index (κ3) is 2.80. The molecule has 20 heavy (non-hydrogen) atoms. The van der Waals surface area contributed by atoms with Gasteiger partial charge in [-0.05, 0) is 6.42 Å². The number of nitrogens with two attached hydrogens (primary N) is 2. The third-order valence-electron chi connectivity index (χ3n) is 2.50. The lowest BCUT2D eigenvalue weighted by Gasteiger charge is -2.09.